The van der Waals surface area contributed by atoms with E-state index in [0.29, 0.717) is 6.42 Å². The van der Waals surface area contributed by atoms with E-state index in [1.807, 2.05) is 18.2 Å². The second-order valence-electron chi connectivity index (χ2n) is 3.54. The molecule has 0 radical (unpaired) electrons. The molecule has 0 amide bonds. The van der Waals surface area contributed by atoms with Crippen molar-refractivity contribution in [2.45, 2.75) is 12.5 Å². The standard InChI is InChI=1S/C10H10BrN3O2/c11-9-6-3-5(4-7(12)10(15)16)1-2-8(6)13-14-9/h1-3,7H,4,12H2,(H,13,14)(H,15,16). The first-order valence-electron chi connectivity index (χ1n) is 4.69. The van der Waals surface area contributed by atoms with E-state index in [0.717, 1.165) is 21.1 Å². The summed E-state index contributed by atoms with van der Waals surface area (Å²) < 4.78 is 0.785. The number of halogens is 1. The Kier molecular flexibility index (Phi) is 2.93. The van der Waals surface area contributed by atoms with Crippen LogP contribution in [0.3, 0.4) is 0 Å². The average molecular weight is 284 g/mol. The van der Waals surface area contributed by atoms with Crippen LogP contribution in [0, 0.1) is 0 Å². The van der Waals surface area contributed by atoms with Crippen LogP contribution in [-0.4, -0.2) is 27.3 Å². The van der Waals surface area contributed by atoms with Crippen LogP contribution >= 0.6 is 15.9 Å². The summed E-state index contributed by atoms with van der Waals surface area (Å²) >= 11 is 3.33. The number of rotatable bonds is 3. The molecule has 0 saturated heterocycles. The molecule has 2 aromatic rings. The largest absolute Gasteiger partial charge is 0.480 e. The minimum absolute atomic E-state index is 0.308. The van der Waals surface area contributed by atoms with Gasteiger partial charge in [-0.15, -0.1) is 0 Å². The summed E-state index contributed by atoms with van der Waals surface area (Å²) in [5, 5.41) is 16.5. The lowest BCUT2D eigenvalue weighted by molar-refractivity contribution is -0.138. The Morgan fingerprint density at radius 1 is 1.62 bits per heavy atom. The lowest BCUT2D eigenvalue weighted by atomic mass is 10.1. The van der Waals surface area contributed by atoms with Crippen molar-refractivity contribution in [1.82, 2.24) is 10.2 Å². The van der Waals surface area contributed by atoms with E-state index in [1.165, 1.54) is 0 Å². The summed E-state index contributed by atoms with van der Waals surface area (Å²) in [5.74, 6) is -0.994. The Balaban J connectivity index is 2.32. The van der Waals surface area contributed by atoms with Gasteiger partial charge in [-0.1, -0.05) is 6.07 Å². The molecule has 0 aliphatic heterocycles. The van der Waals surface area contributed by atoms with Gasteiger partial charge in [0.2, 0.25) is 0 Å². The van der Waals surface area contributed by atoms with E-state index in [4.69, 9.17) is 10.8 Å². The predicted octanol–water partition coefficient (Wildman–Crippen LogP) is 1.28. The third kappa shape index (κ3) is 2.07. The van der Waals surface area contributed by atoms with E-state index in [9.17, 15) is 4.79 Å². The van der Waals surface area contributed by atoms with Crippen molar-refractivity contribution in [3.8, 4) is 0 Å². The zero-order chi connectivity index (χ0) is 11.7. The van der Waals surface area contributed by atoms with Crippen molar-refractivity contribution < 1.29 is 9.90 Å². The molecule has 6 heteroatoms. The summed E-state index contributed by atoms with van der Waals surface area (Å²) in [6, 6.07) is 4.67. The second-order valence-corrected chi connectivity index (χ2v) is 4.33. The van der Waals surface area contributed by atoms with Crippen LogP contribution in [0.2, 0.25) is 0 Å². The summed E-state index contributed by atoms with van der Waals surface area (Å²) in [6.07, 6.45) is 0.308. The molecule has 1 unspecified atom stereocenters. The van der Waals surface area contributed by atoms with E-state index >= 15 is 0 Å². The van der Waals surface area contributed by atoms with Gasteiger partial charge in [-0.25, -0.2) is 0 Å². The molecule has 16 heavy (non-hydrogen) atoms. The van der Waals surface area contributed by atoms with Gasteiger partial charge < -0.3 is 10.8 Å². The van der Waals surface area contributed by atoms with Gasteiger partial charge in [0.25, 0.3) is 0 Å². The predicted molar refractivity (Wildman–Crippen MR) is 63.1 cm³/mol. The number of hydrogen-bond acceptors (Lipinski definition) is 3. The molecule has 1 atom stereocenters. The first-order chi connectivity index (χ1) is 7.58. The summed E-state index contributed by atoms with van der Waals surface area (Å²) in [7, 11) is 0. The average Bonchev–Trinajstić information content (AvgIpc) is 2.60. The van der Waals surface area contributed by atoms with Gasteiger partial charge in [0.05, 0.1) is 5.52 Å². The van der Waals surface area contributed by atoms with Crippen LogP contribution in [0.15, 0.2) is 22.8 Å². The second kappa shape index (κ2) is 4.23. The minimum atomic E-state index is -0.994. The first kappa shape index (κ1) is 11.1. The number of benzene rings is 1. The zero-order valence-corrected chi connectivity index (χ0v) is 9.86. The molecule has 0 aliphatic rings. The van der Waals surface area contributed by atoms with Gasteiger partial charge in [0, 0.05) is 5.39 Å². The molecular weight excluding hydrogens is 274 g/mol. The van der Waals surface area contributed by atoms with Gasteiger partial charge >= 0.3 is 5.97 Å². The van der Waals surface area contributed by atoms with Crippen LogP contribution < -0.4 is 5.73 Å². The lowest BCUT2D eigenvalue weighted by Crippen LogP contribution is -2.32. The highest BCUT2D eigenvalue weighted by Crippen LogP contribution is 2.22. The third-order valence-corrected chi connectivity index (χ3v) is 2.95. The molecule has 0 bridgehead atoms. The van der Waals surface area contributed by atoms with Crippen molar-refractivity contribution in [2.24, 2.45) is 5.73 Å². The van der Waals surface area contributed by atoms with Crippen LogP contribution in [-0.2, 0) is 11.2 Å². The molecule has 0 saturated carbocycles. The Bertz CT molecular complexity index is 538. The quantitative estimate of drug-likeness (QED) is 0.791. The van der Waals surface area contributed by atoms with Crippen molar-refractivity contribution in [1.29, 1.82) is 0 Å². The maximum atomic E-state index is 10.6. The molecule has 5 nitrogen and oxygen atoms in total. The number of aliphatic carboxylic acids is 1. The number of nitrogens with one attached hydrogen (secondary N) is 1. The fourth-order valence-corrected chi connectivity index (χ4v) is 1.90. The number of hydrogen-bond donors (Lipinski definition) is 3. The normalized spacial score (nSPS) is 12.9. The number of nitrogens with zero attached hydrogens (tertiary/aromatic N) is 1. The van der Waals surface area contributed by atoms with Crippen LogP contribution in [0.1, 0.15) is 5.56 Å². The van der Waals surface area contributed by atoms with E-state index in [2.05, 4.69) is 26.1 Å². The van der Waals surface area contributed by atoms with Gasteiger partial charge in [0.1, 0.15) is 10.6 Å². The van der Waals surface area contributed by atoms with Crippen molar-refractivity contribution in [3.05, 3.63) is 28.4 Å². The molecule has 84 valence electrons. The smallest absolute Gasteiger partial charge is 0.320 e. The van der Waals surface area contributed by atoms with Gasteiger partial charge in [-0.05, 0) is 40.0 Å². The minimum Gasteiger partial charge on any atom is -0.480 e. The van der Waals surface area contributed by atoms with E-state index in [1.54, 1.807) is 0 Å². The number of aromatic amines is 1. The number of carbonyl (C=O) groups is 1. The summed E-state index contributed by atoms with van der Waals surface area (Å²) in [6.45, 7) is 0. The number of carboxylic acids is 1. The first-order valence-corrected chi connectivity index (χ1v) is 5.48. The van der Waals surface area contributed by atoms with Gasteiger partial charge in [-0.3, -0.25) is 9.89 Å². The Labute approximate surface area is 99.8 Å². The summed E-state index contributed by atoms with van der Waals surface area (Å²) in [4.78, 5) is 10.6. The highest BCUT2D eigenvalue weighted by atomic mass is 79.9. The third-order valence-electron chi connectivity index (χ3n) is 2.34. The fraction of sp³-hybridized carbons (Fsp3) is 0.200. The highest BCUT2D eigenvalue weighted by molar-refractivity contribution is 9.10. The Morgan fingerprint density at radius 3 is 3.06 bits per heavy atom. The molecule has 0 aliphatic carbocycles. The molecule has 2 rings (SSSR count). The van der Waals surface area contributed by atoms with E-state index in [-0.39, 0.29) is 0 Å². The van der Waals surface area contributed by atoms with Crippen molar-refractivity contribution in [2.75, 3.05) is 0 Å². The maximum absolute atomic E-state index is 10.6. The number of H-pyrrole nitrogens is 1. The molecular formula is C10H10BrN3O2. The summed E-state index contributed by atoms with van der Waals surface area (Å²) in [5.41, 5.74) is 7.18. The van der Waals surface area contributed by atoms with Crippen molar-refractivity contribution >= 4 is 32.8 Å². The molecule has 1 heterocycles. The maximum Gasteiger partial charge on any atom is 0.320 e. The van der Waals surface area contributed by atoms with E-state index < -0.39 is 12.0 Å². The van der Waals surface area contributed by atoms with Gasteiger partial charge in [0.15, 0.2) is 0 Å². The fourth-order valence-electron chi connectivity index (χ4n) is 1.49. The molecule has 0 fully saturated rings. The topological polar surface area (TPSA) is 92.0 Å². The molecule has 4 N–H and O–H groups in total. The number of aromatic nitrogens is 2. The molecule has 1 aromatic heterocycles. The van der Waals surface area contributed by atoms with Crippen LogP contribution in [0.4, 0.5) is 0 Å². The SMILES string of the molecule is NC(Cc1ccc2n[nH]c(Br)c2c1)C(=O)O. The van der Waals surface area contributed by atoms with Crippen LogP contribution in [0.5, 0.6) is 0 Å². The highest BCUT2D eigenvalue weighted by Gasteiger charge is 2.13. The molecule has 1 aromatic carbocycles. The van der Waals surface area contributed by atoms with Gasteiger partial charge in [-0.2, -0.15) is 5.10 Å². The number of carboxylic acid groups (broad SMARTS) is 1. The Hall–Kier alpha value is -1.40. The zero-order valence-electron chi connectivity index (χ0n) is 8.27. The number of fused-ring (bicyclic) bond motifs is 1. The van der Waals surface area contributed by atoms with Crippen LogP contribution in [0.25, 0.3) is 10.9 Å². The Morgan fingerprint density at radius 2 is 2.38 bits per heavy atom. The lowest BCUT2D eigenvalue weighted by Gasteiger charge is -2.05. The van der Waals surface area contributed by atoms with Crippen molar-refractivity contribution in [3.63, 3.8) is 0 Å². The number of nitrogens with two attached hydrogens (primary N) is 1. The monoisotopic (exact) mass is 283 g/mol. The molecule has 0 spiro atoms.